The molecule has 2 atom stereocenters. The number of nitrogens with one attached hydrogen (secondary N) is 1. The highest BCUT2D eigenvalue weighted by Gasteiger charge is 2.27. The van der Waals surface area contributed by atoms with Crippen molar-refractivity contribution in [3.8, 4) is 0 Å². The number of aliphatic hydroxyl groups is 1. The second-order valence-electron chi connectivity index (χ2n) is 5.65. The molecule has 1 rings (SSSR count). The number of carbonyl (C=O) groups excluding carboxylic acids is 2. The highest BCUT2D eigenvalue weighted by molar-refractivity contribution is 14.1. The van der Waals surface area contributed by atoms with Crippen LogP contribution in [0.5, 0.6) is 0 Å². The maximum atomic E-state index is 11.8. The number of likely N-dealkylation sites (N-methyl/N-ethyl adjacent to an activating group) is 1. The number of halogens is 3. The van der Waals surface area contributed by atoms with Crippen molar-refractivity contribution in [2.75, 3.05) is 26.5 Å². The minimum Gasteiger partial charge on any atom is -0.462 e. The lowest BCUT2D eigenvalue weighted by atomic mass is 10.0. The molecule has 0 aliphatic heterocycles. The van der Waals surface area contributed by atoms with Crippen molar-refractivity contribution in [3.63, 3.8) is 0 Å². The molecule has 1 aromatic carbocycles. The van der Waals surface area contributed by atoms with Gasteiger partial charge in [-0.15, -0.1) is 0 Å². The monoisotopic (exact) mass is 552 g/mol. The highest BCUT2D eigenvalue weighted by Crippen LogP contribution is 2.20. The van der Waals surface area contributed by atoms with E-state index in [9.17, 15) is 23.1 Å². The number of ether oxygens (including phenoxy) is 1. The first kappa shape index (κ1) is 24.4. The number of nitrogens with zero attached hydrogens (tertiary/aromatic N) is 1. The number of amides is 1. The Bertz CT molecular complexity index is 758. The molecule has 0 heterocycles. The Labute approximate surface area is 181 Å². The Morgan fingerprint density at radius 2 is 1.85 bits per heavy atom. The molecular weight excluding hydrogens is 534 g/mol. The van der Waals surface area contributed by atoms with Crippen LogP contribution in [0.3, 0.4) is 0 Å². The topological polar surface area (TPSA) is 113 Å². The Hall–Kier alpha value is -0.660. The zero-order valence-corrected chi connectivity index (χ0v) is 18.9. The average Bonchev–Trinajstić information content (AvgIpc) is 2.56. The smallest absolute Gasteiger partial charge is 0.321 e. The van der Waals surface area contributed by atoms with Gasteiger partial charge in [-0.2, -0.15) is 0 Å². The van der Waals surface area contributed by atoms with Crippen molar-refractivity contribution in [1.29, 1.82) is 0 Å². The van der Waals surface area contributed by atoms with E-state index in [-0.39, 0.29) is 18.0 Å². The maximum absolute atomic E-state index is 11.8. The molecule has 0 bridgehead atoms. The van der Waals surface area contributed by atoms with Gasteiger partial charge in [-0.25, -0.2) is 11.5 Å². The van der Waals surface area contributed by atoms with Crippen molar-refractivity contribution < 1.29 is 27.9 Å². The predicted molar refractivity (Wildman–Crippen MR) is 110 cm³/mol. The van der Waals surface area contributed by atoms with Gasteiger partial charge in [0, 0.05) is 29.1 Å². The van der Waals surface area contributed by atoms with Crippen LogP contribution in [0.2, 0.25) is 0 Å². The summed E-state index contributed by atoms with van der Waals surface area (Å²) in [6, 6.07) is 4.43. The lowest BCUT2D eigenvalue weighted by Crippen LogP contribution is -2.45. The third kappa shape index (κ3) is 8.48. The molecule has 0 radical (unpaired) electrons. The van der Waals surface area contributed by atoms with Gasteiger partial charge in [0.25, 0.3) is 5.91 Å². The minimum absolute atomic E-state index is 0.00795. The molecule has 0 aromatic heterocycles. The average molecular weight is 553 g/mol. The van der Waals surface area contributed by atoms with Gasteiger partial charge >= 0.3 is 5.97 Å². The first-order valence-electron chi connectivity index (χ1n) is 7.51. The van der Waals surface area contributed by atoms with Crippen LogP contribution in [-0.2, 0) is 24.2 Å². The number of carbonyl (C=O) groups is 2. The summed E-state index contributed by atoms with van der Waals surface area (Å²) in [6.07, 6.45) is -0.230. The Kier molecular flexibility index (Phi) is 9.72. The lowest BCUT2D eigenvalue weighted by molar-refractivity contribution is -0.145. The van der Waals surface area contributed by atoms with Crippen LogP contribution in [-0.4, -0.2) is 65.8 Å². The van der Waals surface area contributed by atoms with Gasteiger partial charge in [-0.05, 0) is 24.7 Å². The minimum atomic E-state index is -3.39. The first-order chi connectivity index (χ1) is 12.4. The predicted octanol–water partition coefficient (Wildman–Crippen LogP) is 1.24. The summed E-state index contributed by atoms with van der Waals surface area (Å²) in [7, 11) is -1.72. The number of aliphatic hydroxyl groups excluding tert-OH is 1. The molecule has 2 N–H and O–H groups in total. The zero-order chi connectivity index (χ0) is 20.8. The first-order valence-corrected chi connectivity index (χ1v) is 11.2. The molecule has 0 spiro atoms. The number of alkyl halides is 2. The molecule has 1 amide bonds. The molecule has 1 aromatic rings. The summed E-state index contributed by atoms with van der Waals surface area (Å²) in [5.41, 5.74) is 0.315. The Morgan fingerprint density at radius 3 is 2.30 bits per heavy atom. The van der Waals surface area contributed by atoms with Crippen LogP contribution < -0.4 is 5.32 Å². The summed E-state index contributed by atoms with van der Waals surface area (Å²) >= 11 is 12.9. The third-order valence-corrected chi connectivity index (χ3v) is 5.19. The van der Waals surface area contributed by atoms with Crippen molar-refractivity contribution in [1.82, 2.24) is 8.43 Å². The summed E-state index contributed by atoms with van der Waals surface area (Å²) in [6.45, 7) is -0.321. The van der Waals surface area contributed by atoms with Gasteiger partial charge in [0.1, 0.15) is 19.3 Å². The lowest BCUT2D eigenvalue weighted by Gasteiger charge is -2.25. The van der Waals surface area contributed by atoms with Crippen molar-refractivity contribution >= 4 is 67.8 Å². The Balaban J connectivity index is 2.95. The van der Waals surface area contributed by atoms with E-state index in [1.807, 2.05) is 22.9 Å². The van der Waals surface area contributed by atoms with E-state index in [0.29, 0.717) is 5.56 Å². The summed E-state index contributed by atoms with van der Waals surface area (Å²) in [5, 5.41) is 13.0. The molecule has 27 heavy (non-hydrogen) atoms. The molecule has 2 unspecified atom stereocenters. The second-order valence-corrected chi connectivity index (χ2v) is 10.4. The fourth-order valence-corrected chi connectivity index (χ4v) is 3.04. The van der Waals surface area contributed by atoms with Crippen LogP contribution in [0.15, 0.2) is 29.2 Å². The van der Waals surface area contributed by atoms with Crippen molar-refractivity contribution in [2.45, 2.75) is 21.9 Å². The summed E-state index contributed by atoms with van der Waals surface area (Å²) in [5.74, 6) is -1.32. The van der Waals surface area contributed by atoms with Gasteiger partial charge in [0.2, 0.25) is 0 Å². The van der Waals surface area contributed by atoms with Crippen LogP contribution in [0, 0.1) is 0 Å². The molecule has 0 saturated heterocycles. The van der Waals surface area contributed by atoms with Crippen LogP contribution in [0.25, 0.3) is 0 Å². The van der Waals surface area contributed by atoms with Crippen LogP contribution in [0.1, 0.15) is 11.7 Å². The molecule has 12 heteroatoms. The molecule has 152 valence electrons. The normalized spacial score (nSPS) is 14.1. The molecule has 0 saturated carbocycles. The molecule has 8 nitrogen and oxygen atoms in total. The standard InChI is InChI=1S/C15H19Cl2IN2O6S/c1-20(18)7-12(21)26-8-11(19-15(23)14(16)17)13(22)9-3-5-10(6-4-9)27(2,24)25/h3-6,11,13-14,22H,7-8H2,1-2H3,(H,19,23). The summed E-state index contributed by atoms with van der Waals surface area (Å²) < 4.78 is 29.7. The number of hydrogen-bond acceptors (Lipinski definition) is 7. The fraction of sp³-hybridized carbons (Fsp3) is 0.467. The molecule has 0 fully saturated rings. The fourth-order valence-electron chi connectivity index (χ4n) is 2.01. The van der Waals surface area contributed by atoms with Gasteiger partial charge in [0.15, 0.2) is 14.7 Å². The highest BCUT2D eigenvalue weighted by atomic mass is 127. The van der Waals surface area contributed by atoms with E-state index in [1.165, 1.54) is 24.3 Å². The largest absolute Gasteiger partial charge is 0.462 e. The number of esters is 1. The van der Waals surface area contributed by atoms with E-state index in [2.05, 4.69) is 5.32 Å². The molecule has 0 aliphatic rings. The maximum Gasteiger partial charge on any atom is 0.321 e. The molecular formula is C15H19Cl2IN2O6S. The number of hydrogen-bond donors (Lipinski definition) is 2. The van der Waals surface area contributed by atoms with Gasteiger partial charge in [0.05, 0.1) is 10.9 Å². The number of rotatable bonds is 9. The van der Waals surface area contributed by atoms with Crippen LogP contribution >= 0.6 is 46.1 Å². The van der Waals surface area contributed by atoms with E-state index < -0.39 is 38.7 Å². The van der Waals surface area contributed by atoms with Crippen molar-refractivity contribution in [2.24, 2.45) is 0 Å². The SMILES string of the molecule is CN(I)CC(=O)OCC(NC(=O)C(Cl)Cl)C(O)c1ccc(S(C)(=O)=O)cc1. The van der Waals surface area contributed by atoms with Gasteiger partial charge in [-0.3, -0.25) is 9.59 Å². The summed E-state index contributed by atoms with van der Waals surface area (Å²) in [4.78, 5) is 22.2. The van der Waals surface area contributed by atoms with E-state index in [4.69, 9.17) is 27.9 Å². The van der Waals surface area contributed by atoms with E-state index in [1.54, 1.807) is 10.2 Å². The second kappa shape index (κ2) is 10.8. The van der Waals surface area contributed by atoms with E-state index >= 15 is 0 Å². The number of benzene rings is 1. The van der Waals surface area contributed by atoms with Gasteiger partial charge < -0.3 is 15.2 Å². The molecule has 0 aliphatic carbocycles. The Morgan fingerprint density at radius 1 is 1.30 bits per heavy atom. The third-order valence-electron chi connectivity index (χ3n) is 3.33. The van der Waals surface area contributed by atoms with E-state index in [0.717, 1.165) is 6.26 Å². The number of sulfone groups is 1. The van der Waals surface area contributed by atoms with Crippen LogP contribution in [0.4, 0.5) is 0 Å². The van der Waals surface area contributed by atoms with Crippen molar-refractivity contribution in [3.05, 3.63) is 29.8 Å². The van der Waals surface area contributed by atoms with Gasteiger partial charge in [-0.1, -0.05) is 35.3 Å². The zero-order valence-electron chi connectivity index (χ0n) is 14.4. The quantitative estimate of drug-likeness (QED) is 0.205.